The third-order valence-corrected chi connectivity index (χ3v) is 5.16. The molecule has 0 aliphatic carbocycles. The monoisotopic (exact) mass is 267 g/mol. The quantitative estimate of drug-likeness (QED) is 0.827. The Labute approximate surface area is 119 Å². The van der Waals surface area contributed by atoms with Crippen molar-refractivity contribution in [3.8, 4) is 0 Å². The Morgan fingerprint density at radius 1 is 1.05 bits per heavy atom. The van der Waals surface area contributed by atoms with E-state index in [1.807, 2.05) is 0 Å². The number of nitrogens with zero attached hydrogens (tertiary/aromatic N) is 2. The molecular weight excluding hydrogens is 234 g/mol. The highest BCUT2D eigenvalue weighted by molar-refractivity contribution is 4.86. The standard InChI is InChI=1S/C16H33N3/c1-5-15-7-11-19(10-6-14(3)17-15)16-8-9-18(4)12-13(16)2/h13-17H,5-12H2,1-4H3. The lowest BCUT2D eigenvalue weighted by Crippen LogP contribution is -2.52. The molecule has 0 spiro atoms. The highest BCUT2D eigenvalue weighted by Crippen LogP contribution is 2.23. The lowest BCUT2D eigenvalue weighted by molar-refractivity contribution is 0.0631. The number of rotatable bonds is 2. The van der Waals surface area contributed by atoms with Crippen LogP contribution in [0.25, 0.3) is 0 Å². The van der Waals surface area contributed by atoms with Crippen molar-refractivity contribution in [2.45, 2.75) is 64.6 Å². The van der Waals surface area contributed by atoms with Crippen LogP contribution in [-0.4, -0.2) is 61.2 Å². The van der Waals surface area contributed by atoms with Gasteiger partial charge in [-0.25, -0.2) is 0 Å². The van der Waals surface area contributed by atoms with Gasteiger partial charge in [-0.15, -0.1) is 0 Å². The summed E-state index contributed by atoms with van der Waals surface area (Å²) in [4.78, 5) is 5.29. The van der Waals surface area contributed by atoms with Gasteiger partial charge in [0.15, 0.2) is 0 Å². The van der Waals surface area contributed by atoms with Crippen molar-refractivity contribution < 1.29 is 0 Å². The molecule has 2 fully saturated rings. The summed E-state index contributed by atoms with van der Waals surface area (Å²) in [7, 11) is 2.26. The Kier molecular flexibility index (Phi) is 5.67. The van der Waals surface area contributed by atoms with Crippen LogP contribution in [0, 0.1) is 5.92 Å². The fraction of sp³-hybridized carbons (Fsp3) is 1.00. The first-order chi connectivity index (χ1) is 9.10. The Hall–Kier alpha value is -0.120. The van der Waals surface area contributed by atoms with Gasteiger partial charge in [-0.3, -0.25) is 4.90 Å². The Morgan fingerprint density at radius 2 is 1.79 bits per heavy atom. The molecule has 0 aromatic heterocycles. The molecule has 4 unspecified atom stereocenters. The molecular formula is C16H33N3. The number of likely N-dealkylation sites (tertiary alicyclic amines) is 1. The van der Waals surface area contributed by atoms with E-state index in [2.05, 4.69) is 42.9 Å². The summed E-state index contributed by atoms with van der Waals surface area (Å²) < 4.78 is 0. The second-order valence-corrected chi connectivity index (χ2v) is 6.88. The maximum absolute atomic E-state index is 3.78. The van der Waals surface area contributed by atoms with Gasteiger partial charge in [0, 0.05) is 24.7 Å². The first-order valence-corrected chi connectivity index (χ1v) is 8.28. The molecule has 2 saturated heterocycles. The molecule has 3 heteroatoms. The smallest absolute Gasteiger partial charge is 0.0145 e. The lowest BCUT2D eigenvalue weighted by atomic mass is 9.91. The number of hydrogen-bond acceptors (Lipinski definition) is 3. The average molecular weight is 267 g/mol. The van der Waals surface area contributed by atoms with E-state index < -0.39 is 0 Å². The molecule has 19 heavy (non-hydrogen) atoms. The van der Waals surface area contributed by atoms with Crippen molar-refractivity contribution in [3.63, 3.8) is 0 Å². The molecule has 0 amide bonds. The first kappa shape index (κ1) is 15.3. The highest BCUT2D eigenvalue weighted by Gasteiger charge is 2.30. The number of nitrogens with one attached hydrogen (secondary N) is 1. The highest BCUT2D eigenvalue weighted by atomic mass is 15.2. The third kappa shape index (κ3) is 4.17. The summed E-state index contributed by atoms with van der Waals surface area (Å²) in [5, 5.41) is 3.78. The fourth-order valence-electron chi connectivity index (χ4n) is 3.90. The van der Waals surface area contributed by atoms with Gasteiger partial charge in [0.05, 0.1) is 0 Å². The van der Waals surface area contributed by atoms with Crippen LogP contribution in [-0.2, 0) is 0 Å². The van der Waals surface area contributed by atoms with Gasteiger partial charge in [0.25, 0.3) is 0 Å². The van der Waals surface area contributed by atoms with Crippen molar-refractivity contribution in [3.05, 3.63) is 0 Å². The SMILES string of the molecule is CCC1CCN(C2CCN(C)CC2C)CCC(C)N1. The summed E-state index contributed by atoms with van der Waals surface area (Å²) in [6.45, 7) is 12.2. The van der Waals surface area contributed by atoms with Gasteiger partial charge < -0.3 is 10.2 Å². The van der Waals surface area contributed by atoms with E-state index in [-0.39, 0.29) is 0 Å². The van der Waals surface area contributed by atoms with Crippen LogP contribution in [0.2, 0.25) is 0 Å². The molecule has 2 aliphatic heterocycles. The van der Waals surface area contributed by atoms with E-state index in [1.165, 1.54) is 51.9 Å². The maximum atomic E-state index is 3.78. The molecule has 112 valence electrons. The molecule has 3 nitrogen and oxygen atoms in total. The van der Waals surface area contributed by atoms with Gasteiger partial charge in [-0.05, 0) is 65.2 Å². The van der Waals surface area contributed by atoms with Crippen LogP contribution in [0.3, 0.4) is 0 Å². The molecule has 2 heterocycles. The van der Waals surface area contributed by atoms with Crippen LogP contribution in [0.5, 0.6) is 0 Å². The topological polar surface area (TPSA) is 18.5 Å². The van der Waals surface area contributed by atoms with Gasteiger partial charge in [0.1, 0.15) is 0 Å². The summed E-state index contributed by atoms with van der Waals surface area (Å²) >= 11 is 0. The van der Waals surface area contributed by atoms with E-state index in [0.717, 1.165) is 18.0 Å². The summed E-state index contributed by atoms with van der Waals surface area (Å²) in [5.41, 5.74) is 0. The van der Waals surface area contributed by atoms with Crippen molar-refractivity contribution in [1.82, 2.24) is 15.1 Å². The fourth-order valence-corrected chi connectivity index (χ4v) is 3.90. The lowest BCUT2D eigenvalue weighted by Gasteiger charge is -2.43. The van der Waals surface area contributed by atoms with Gasteiger partial charge in [-0.2, -0.15) is 0 Å². The molecule has 0 radical (unpaired) electrons. The second kappa shape index (κ2) is 7.05. The van der Waals surface area contributed by atoms with Crippen molar-refractivity contribution >= 4 is 0 Å². The summed E-state index contributed by atoms with van der Waals surface area (Å²) in [6.07, 6.45) is 5.24. The summed E-state index contributed by atoms with van der Waals surface area (Å²) in [5.74, 6) is 0.821. The van der Waals surface area contributed by atoms with E-state index >= 15 is 0 Å². The van der Waals surface area contributed by atoms with Crippen LogP contribution in [0.4, 0.5) is 0 Å². The van der Waals surface area contributed by atoms with E-state index in [4.69, 9.17) is 0 Å². The molecule has 0 bridgehead atoms. The van der Waals surface area contributed by atoms with Gasteiger partial charge in [0.2, 0.25) is 0 Å². The van der Waals surface area contributed by atoms with Crippen LogP contribution >= 0.6 is 0 Å². The molecule has 1 N–H and O–H groups in total. The zero-order valence-electron chi connectivity index (χ0n) is 13.4. The van der Waals surface area contributed by atoms with Crippen LogP contribution in [0.15, 0.2) is 0 Å². The third-order valence-electron chi connectivity index (χ3n) is 5.16. The number of hydrogen-bond donors (Lipinski definition) is 1. The molecule has 0 aromatic carbocycles. The minimum absolute atomic E-state index is 0.675. The minimum atomic E-state index is 0.675. The Morgan fingerprint density at radius 3 is 2.47 bits per heavy atom. The molecule has 2 rings (SSSR count). The van der Waals surface area contributed by atoms with Crippen LogP contribution in [0.1, 0.15) is 46.5 Å². The average Bonchev–Trinajstić information content (AvgIpc) is 2.35. The zero-order valence-corrected chi connectivity index (χ0v) is 13.4. The second-order valence-electron chi connectivity index (χ2n) is 6.88. The normalized spacial score (nSPS) is 39.8. The number of piperidine rings is 1. The Balaban J connectivity index is 1.94. The molecule has 0 saturated carbocycles. The molecule has 0 aromatic rings. The zero-order chi connectivity index (χ0) is 13.8. The predicted octanol–water partition coefficient (Wildman–Crippen LogP) is 2.18. The molecule has 4 atom stereocenters. The predicted molar refractivity (Wildman–Crippen MR) is 82.5 cm³/mol. The van der Waals surface area contributed by atoms with Crippen molar-refractivity contribution in [1.29, 1.82) is 0 Å². The first-order valence-electron chi connectivity index (χ1n) is 8.28. The van der Waals surface area contributed by atoms with E-state index in [9.17, 15) is 0 Å². The largest absolute Gasteiger partial charge is 0.311 e. The summed E-state index contributed by atoms with van der Waals surface area (Å²) in [6, 6.07) is 2.22. The van der Waals surface area contributed by atoms with Gasteiger partial charge >= 0.3 is 0 Å². The molecule has 2 aliphatic rings. The minimum Gasteiger partial charge on any atom is -0.311 e. The van der Waals surface area contributed by atoms with E-state index in [0.29, 0.717) is 6.04 Å². The maximum Gasteiger partial charge on any atom is 0.0145 e. The van der Waals surface area contributed by atoms with Crippen molar-refractivity contribution in [2.24, 2.45) is 5.92 Å². The van der Waals surface area contributed by atoms with E-state index in [1.54, 1.807) is 0 Å². The Bertz CT molecular complexity index is 269. The van der Waals surface area contributed by atoms with Crippen molar-refractivity contribution in [2.75, 3.05) is 33.2 Å². The van der Waals surface area contributed by atoms with Gasteiger partial charge in [-0.1, -0.05) is 13.8 Å². The van der Waals surface area contributed by atoms with Crippen LogP contribution < -0.4 is 5.32 Å².